The van der Waals surface area contributed by atoms with E-state index in [9.17, 15) is 9.59 Å². The molecule has 6 heteroatoms. The molecule has 2 aromatic rings. The van der Waals surface area contributed by atoms with Crippen LogP contribution in [0, 0.1) is 5.92 Å². The Morgan fingerprint density at radius 1 is 1.22 bits per heavy atom. The van der Waals surface area contributed by atoms with Crippen LogP contribution in [0.25, 0.3) is 10.8 Å². The molecule has 1 unspecified atom stereocenters. The average Bonchev–Trinajstić information content (AvgIpc) is 2.69. The molecular formula is C21H21ClO5. The highest BCUT2D eigenvalue weighted by molar-refractivity contribution is 6.31. The fourth-order valence-electron chi connectivity index (χ4n) is 3.57. The van der Waals surface area contributed by atoms with Crippen molar-refractivity contribution in [1.29, 1.82) is 0 Å². The molecule has 0 aromatic heterocycles. The fraction of sp³-hybridized carbons (Fsp3) is 0.333. The SMILES string of the molecule is C=CC(=O)Oc1c2c(c(OC(=O)OC)c3cc(Cl)ccc13)CCC(CC)C2. The largest absolute Gasteiger partial charge is 0.513 e. The molecule has 142 valence electrons. The molecule has 0 radical (unpaired) electrons. The first-order valence-electron chi connectivity index (χ1n) is 8.85. The first kappa shape index (κ1) is 19.2. The molecular weight excluding hydrogens is 368 g/mol. The van der Waals surface area contributed by atoms with Gasteiger partial charge in [0.1, 0.15) is 11.5 Å². The van der Waals surface area contributed by atoms with Crippen molar-refractivity contribution in [2.24, 2.45) is 5.92 Å². The third kappa shape index (κ3) is 3.78. The lowest BCUT2D eigenvalue weighted by Gasteiger charge is -2.28. The van der Waals surface area contributed by atoms with E-state index in [2.05, 4.69) is 18.2 Å². The van der Waals surface area contributed by atoms with Gasteiger partial charge in [0.2, 0.25) is 0 Å². The summed E-state index contributed by atoms with van der Waals surface area (Å²) in [6, 6.07) is 5.18. The summed E-state index contributed by atoms with van der Waals surface area (Å²) in [6.45, 7) is 5.62. The molecule has 0 saturated carbocycles. The van der Waals surface area contributed by atoms with Gasteiger partial charge >= 0.3 is 12.1 Å². The average molecular weight is 389 g/mol. The molecule has 3 rings (SSSR count). The lowest BCUT2D eigenvalue weighted by molar-refractivity contribution is -0.128. The second-order valence-electron chi connectivity index (χ2n) is 6.50. The maximum absolute atomic E-state index is 12.0. The number of carbonyl (C=O) groups excluding carboxylic acids is 2. The quantitative estimate of drug-likeness (QED) is 0.310. The Hall–Kier alpha value is -2.53. The lowest BCUT2D eigenvalue weighted by atomic mass is 9.80. The van der Waals surface area contributed by atoms with Crippen molar-refractivity contribution < 1.29 is 23.8 Å². The second-order valence-corrected chi connectivity index (χ2v) is 6.94. The fourth-order valence-corrected chi connectivity index (χ4v) is 3.74. The third-order valence-corrected chi connectivity index (χ3v) is 5.21. The third-order valence-electron chi connectivity index (χ3n) is 4.98. The smallest absolute Gasteiger partial charge is 0.437 e. The molecule has 0 fully saturated rings. The van der Waals surface area contributed by atoms with Gasteiger partial charge in [0.25, 0.3) is 0 Å². The van der Waals surface area contributed by atoms with Crippen LogP contribution in [0.2, 0.25) is 5.02 Å². The van der Waals surface area contributed by atoms with Crippen molar-refractivity contribution in [1.82, 2.24) is 0 Å². The summed E-state index contributed by atoms with van der Waals surface area (Å²) >= 11 is 6.18. The minimum absolute atomic E-state index is 0.419. The Balaban J connectivity index is 2.31. The molecule has 1 aliphatic rings. The van der Waals surface area contributed by atoms with Crippen molar-refractivity contribution in [2.45, 2.75) is 32.6 Å². The Bertz CT molecular complexity index is 919. The van der Waals surface area contributed by atoms with Gasteiger partial charge in [0.15, 0.2) is 0 Å². The van der Waals surface area contributed by atoms with E-state index in [0.29, 0.717) is 39.6 Å². The Kier molecular flexibility index (Phi) is 5.71. The summed E-state index contributed by atoms with van der Waals surface area (Å²) in [4.78, 5) is 23.8. The van der Waals surface area contributed by atoms with Crippen LogP contribution in [0.15, 0.2) is 30.9 Å². The van der Waals surface area contributed by atoms with E-state index in [1.807, 2.05) is 0 Å². The van der Waals surface area contributed by atoms with Crippen molar-refractivity contribution in [3.05, 3.63) is 47.0 Å². The molecule has 0 spiro atoms. The van der Waals surface area contributed by atoms with Gasteiger partial charge in [-0.05, 0) is 43.4 Å². The van der Waals surface area contributed by atoms with Gasteiger partial charge in [0, 0.05) is 33.0 Å². The summed E-state index contributed by atoms with van der Waals surface area (Å²) < 4.78 is 15.8. The number of rotatable bonds is 4. The lowest BCUT2D eigenvalue weighted by Crippen LogP contribution is -2.19. The number of benzene rings is 2. The Labute approximate surface area is 162 Å². The molecule has 0 saturated heterocycles. The number of halogens is 1. The van der Waals surface area contributed by atoms with Crippen LogP contribution in [0.4, 0.5) is 4.79 Å². The second kappa shape index (κ2) is 8.01. The number of methoxy groups -OCH3 is 1. The molecule has 27 heavy (non-hydrogen) atoms. The highest BCUT2D eigenvalue weighted by Gasteiger charge is 2.29. The number of esters is 1. The molecule has 0 heterocycles. The topological polar surface area (TPSA) is 61.8 Å². The summed E-state index contributed by atoms with van der Waals surface area (Å²) in [5.74, 6) is 0.836. The van der Waals surface area contributed by atoms with E-state index >= 15 is 0 Å². The van der Waals surface area contributed by atoms with Gasteiger partial charge < -0.3 is 14.2 Å². The van der Waals surface area contributed by atoms with Crippen molar-refractivity contribution in [2.75, 3.05) is 7.11 Å². The number of carbonyl (C=O) groups is 2. The van der Waals surface area contributed by atoms with Crippen LogP contribution >= 0.6 is 11.6 Å². The van der Waals surface area contributed by atoms with Crippen LogP contribution in [0.1, 0.15) is 30.9 Å². The molecule has 1 atom stereocenters. The van der Waals surface area contributed by atoms with Crippen molar-refractivity contribution in [3.63, 3.8) is 0 Å². The highest BCUT2D eigenvalue weighted by atomic mass is 35.5. The molecule has 2 aromatic carbocycles. The van der Waals surface area contributed by atoms with Gasteiger partial charge in [-0.2, -0.15) is 0 Å². The summed E-state index contributed by atoms with van der Waals surface area (Å²) in [5.41, 5.74) is 1.74. The van der Waals surface area contributed by atoms with Crippen molar-refractivity contribution in [3.8, 4) is 11.5 Å². The van der Waals surface area contributed by atoms with Crippen LogP contribution in [0.5, 0.6) is 11.5 Å². The number of hydrogen-bond donors (Lipinski definition) is 0. The summed E-state index contributed by atoms with van der Waals surface area (Å²) in [5, 5.41) is 1.75. The molecule has 0 aliphatic heterocycles. The molecule has 0 bridgehead atoms. The maximum Gasteiger partial charge on any atom is 0.513 e. The van der Waals surface area contributed by atoms with E-state index in [4.69, 9.17) is 21.1 Å². The predicted molar refractivity (Wildman–Crippen MR) is 104 cm³/mol. The first-order chi connectivity index (χ1) is 13.0. The van der Waals surface area contributed by atoms with Gasteiger partial charge in [-0.3, -0.25) is 0 Å². The van der Waals surface area contributed by atoms with E-state index in [0.717, 1.165) is 36.5 Å². The molecule has 0 N–H and O–H groups in total. The number of ether oxygens (including phenoxy) is 3. The van der Waals surface area contributed by atoms with E-state index in [1.165, 1.54) is 7.11 Å². The number of fused-ring (bicyclic) bond motifs is 2. The van der Waals surface area contributed by atoms with Gasteiger partial charge in [-0.15, -0.1) is 0 Å². The highest BCUT2D eigenvalue weighted by Crippen LogP contribution is 2.46. The summed E-state index contributed by atoms with van der Waals surface area (Å²) in [7, 11) is 1.26. The summed E-state index contributed by atoms with van der Waals surface area (Å²) in [6.07, 6.45) is 3.75. The van der Waals surface area contributed by atoms with E-state index in [1.54, 1.807) is 18.2 Å². The number of hydrogen-bond acceptors (Lipinski definition) is 5. The van der Waals surface area contributed by atoms with Crippen LogP contribution in [-0.2, 0) is 22.4 Å². The van der Waals surface area contributed by atoms with Crippen LogP contribution in [0.3, 0.4) is 0 Å². The molecule has 0 amide bonds. The van der Waals surface area contributed by atoms with Gasteiger partial charge in [-0.25, -0.2) is 9.59 Å². The first-order valence-corrected chi connectivity index (χ1v) is 9.23. The maximum atomic E-state index is 12.0. The minimum atomic E-state index is -0.799. The van der Waals surface area contributed by atoms with E-state index < -0.39 is 12.1 Å². The molecule has 1 aliphatic carbocycles. The van der Waals surface area contributed by atoms with Crippen molar-refractivity contribution >= 4 is 34.5 Å². The van der Waals surface area contributed by atoms with Crippen LogP contribution in [-0.4, -0.2) is 19.2 Å². The Morgan fingerprint density at radius 2 is 1.96 bits per heavy atom. The minimum Gasteiger partial charge on any atom is -0.437 e. The van der Waals surface area contributed by atoms with Gasteiger partial charge in [-0.1, -0.05) is 31.5 Å². The van der Waals surface area contributed by atoms with Crippen LogP contribution < -0.4 is 9.47 Å². The zero-order valence-corrected chi connectivity index (χ0v) is 16.1. The Morgan fingerprint density at radius 3 is 2.63 bits per heavy atom. The van der Waals surface area contributed by atoms with Gasteiger partial charge in [0.05, 0.1) is 7.11 Å². The normalized spacial score (nSPS) is 15.7. The van der Waals surface area contributed by atoms with E-state index in [-0.39, 0.29) is 0 Å². The predicted octanol–water partition coefficient (Wildman–Crippen LogP) is 5.24. The standard InChI is InChI=1S/C21H21ClO5/c1-4-12-6-8-14-16(10-12)19(26-18(23)5-2)15-9-7-13(22)11-17(15)20(14)27-21(24)25-3/h5,7,9,11-12H,2,4,6,8,10H2,1,3H3. The zero-order chi connectivity index (χ0) is 19.6. The monoisotopic (exact) mass is 388 g/mol. The zero-order valence-electron chi connectivity index (χ0n) is 15.3. The molecule has 5 nitrogen and oxygen atoms in total.